The number of nitrogens with zero attached hydrogens (tertiary/aromatic N) is 1. The van der Waals surface area contributed by atoms with Crippen LogP contribution in [0.15, 0.2) is 36.0 Å². The smallest absolute Gasteiger partial charge is 0.249 e. The summed E-state index contributed by atoms with van der Waals surface area (Å²) in [6, 6.07) is 5.76. The Balaban J connectivity index is 1.84. The first-order valence-corrected chi connectivity index (χ1v) is 6.10. The van der Waals surface area contributed by atoms with E-state index >= 15 is 0 Å². The first-order chi connectivity index (χ1) is 8.25. The molecule has 0 bridgehead atoms. The van der Waals surface area contributed by atoms with E-state index in [-0.39, 0.29) is 5.91 Å². The molecule has 0 aliphatic heterocycles. The first kappa shape index (κ1) is 11.8. The van der Waals surface area contributed by atoms with Crippen LogP contribution in [0.5, 0.6) is 0 Å². The summed E-state index contributed by atoms with van der Waals surface area (Å²) in [5, 5.41) is 5.08. The molecule has 0 fully saturated rings. The number of hydrogen-bond acceptors (Lipinski definition) is 4. The van der Waals surface area contributed by atoms with Crippen LogP contribution in [0, 0.1) is 0 Å². The Morgan fingerprint density at radius 2 is 2.12 bits per heavy atom. The van der Waals surface area contributed by atoms with Crippen LogP contribution >= 0.6 is 11.3 Å². The number of aromatic nitrogens is 1. The van der Waals surface area contributed by atoms with Crippen LogP contribution in [0.2, 0.25) is 0 Å². The summed E-state index contributed by atoms with van der Waals surface area (Å²) >= 11 is 1.54. The third-order valence-electron chi connectivity index (χ3n) is 2.32. The highest BCUT2D eigenvalue weighted by molar-refractivity contribution is 7.10. The van der Waals surface area contributed by atoms with Crippen LogP contribution in [0.25, 0.3) is 0 Å². The number of nitrogens with one attached hydrogen (secondary N) is 1. The lowest BCUT2D eigenvalue weighted by atomic mass is 10.2. The van der Waals surface area contributed by atoms with Crippen molar-refractivity contribution < 1.29 is 4.79 Å². The first-order valence-electron chi connectivity index (χ1n) is 5.22. The number of pyridine rings is 1. The predicted molar refractivity (Wildman–Crippen MR) is 67.6 cm³/mol. The Kier molecular flexibility index (Phi) is 3.85. The highest BCUT2D eigenvalue weighted by Gasteiger charge is 2.04. The van der Waals surface area contributed by atoms with Crippen molar-refractivity contribution >= 4 is 17.2 Å². The van der Waals surface area contributed by atoms with Crippen LogP contribution < -0.4 is 11.1 Å². The molecule has 1 amide bonds. The van der Waals surface area contributed by atoms with Crippen molar-refractivity contribution in [2.75, 3.05) is 0 Å². The standard InChI is InChI=1S/C12H13N3OS/c13-12(16)10-5-11(17-8-10)7-15-6-9-1-3-14-4-2-9/h1-5,8,15H,6-7H2,(H2,13,16). The molecule has 0 atom stereocenters. The third kappa shape index (κ3) is 3.37. The minimum absolute atomic E-state index is 0.373. The van der Waals surface area contributed by atoms with Crippen LogP contribution in [-0.4, -0.2) is 10.9 Å². The number of nitrogens with two attached hydrogens (primary N) is 1. The lowest BCUT2D eigenvalue weighted by Crippen LogP contribution is -2.12. The largest absolute Gasteiger partial charge is 0.366 e. The molecule has 2 rings (SSSR count). The van der Waals surface area contributed by atoms with E-state index in [1.807, 2.05) is 18.2 Å². The molecule has 0 saturated heterocycles. The highest BCUT2D eigenvalue weighted by atomic mass is 32.1. The zero-order valence-electron chi connectivity index (χ0n) is 9.22. The zero-order valence-corrected chi connectivity index (χ0v) is 10.0. The predicted octanol–water partition coefficient (Wildman–Crippen LogP) is 1.53. The summed E-state index contributed by atoms with van der Waals surface area (Å²) in [7, 11) is 0. The molecule has 0 aliphatic rings. The van der Waals surface area contributed by atoms with Crippen molar-refractivity contribution in [3.05, 3.63) is 52.0 Å². The topological polar surface area (TPSA) is 68.0 Å². The Labute approximate surface area is 103 Å². The molecule has 0 spiro atoms. The maximum absolute atomic E-state index is 10.9. The molecular weight excluding hydrogens is 234 g/mol. The molecule has 2 aromatic heterocycles. The van der Waals surface area contributed by atoms with Gasteiger partial charge >= 0.3 is 0 Å². The van der Waals surface area contributed by atoms with Gasteiger partial charge < -0.3 is 11.1 Å². The van der Waals surface area contributed by atoms with Gasteiger partial charge in [-0.15, -0.1) is 11.3 Å². The summed E-state index contributed by atoms with van der Waals surface area (Å²) in [6.45, 7) is 1.52. The van der Waals surface area contributed by atoms with Gasteiger partial charge in [0.15, 0.2) is 0 Å². The molecular formula is C12H13N3OS. The van der Waals surface area contributed by atoms with Gasteiger partial charge in [0.05, 0.1) is 5.56 Å². The van der Waals surface area contributed by atoms with Crippen molar-refractivity contribution in [2.24, 2.45) is 5.73 Å². The van der Waals surface area contributed by atoms with Crippen LogP contribution in [0.1, 0.15) is 20.8 Å². The lowest BCUT2D eigenvalue weighted by Gasteiger charge is -2.02. The summed E-state index contributed by atoms with van der Waals surface area (Å²) in [4.78, 5) is 16.0. The van der Waals surface area contributed by atoms with Crippen molar-refractivity contribution in [1.29, 1.82) is 0 Å². The van der Waals surface area contributed by atoms with Crippen molar-refractivity contribution in [1.82, 2.24) is 10.3 Å². The monoisotopic (exact) mass is 247 g/mol. The molecule has 3 N–H and O–H groups in total. The van der Waals surface area contributed by atoms with Gasteiger partial charge in [-0.2, -0.15) is 0 Å². The zero-order chi connectivity index (χ0) is 12.1. The van der Waals surface area contributed by atoms with Crippen molar-refractivity contribution in [2.45, 2.75) is 13.1 Å². The van der Waals surface area contributed by atoms with E-state index in [0.717, 1.165) is 18.0 Å². The second-order valence-electron chi connectivity index (χ2n) is 3.62. The van der Waals surface area contributed by atoms with E-state index in [1.165, 1.54) is 16.9 Å². The second kappa shape index (κ2) is 5.56. The lowest BCUT2D eigenvalue weighted by molar-refractivity contribution is 0.100. The number of carbonyl (C=O) groups excluding carboxylic acids is 1. The fourth-order valence-electron chi connectivity index (χ4n) is 1.43. The molecule has 0 saturated carbocycles. The number of carbonyl (C=O) groups is 1. The second-order valence-corrected chi connectivity index (χ2v) is 4.62. The van der Waals surface area contributed by atoms with Gasteiger partial charge in [0, 0.05) is 35.7 Å². The minimum Gasteiger partial charge on any atom is -0.366 e. The molecule has 0 unspecified atom stereocenters. The van der Waals surface area contributed by atoms with E-state index in [2.05, 4.69) is 10.3 Å². The van der Waals surface area contributed by atoms with Gasteiger partial charge in [0.25, 0.3) is 0 Å². The summed E-state index contributed by atoms with van der Waals surface area (Å²) in [6.07, 6.45) is 3.54. The van der Waals surface area contributed by atoms with E-state index in [0.29, 0.717) is 5.56 Å². The molecule has 5 heteroatoms. The van der Waals surface area contributed by atoms with E-state index in [1.54, 1.807) is 17.8 Å². The van der Waals surface area contributed by atoms with Gasteiger partial charge in [0.1, 0.15) is 0 Å². The van der Waals surface area contributed by atoms with E-state index < -0.39 is 0 Å². The maximum Gasteiger partial charge on any atom is 0.249 e. The van der Waals surface area contributed by atoms with Gasteiger partial charge in [-0.1, -0.05) is 0 Å². The SMILES string of the molecule is NC(=O)c1csc(CNCc2ccncc2)c1. The normalized spacial score (nSPS) is 10.4. The van der Waals surface area contributed by atoms with Gasteiger partial charge in [0.2, 0.25) is 5.91 Å². The number of rotatable bonds is 5. The molecule has 0 aliphatic carbocycles. The van der Waals surface area contributed by atoms with Gasteiger partial charge in [-0.05, 0) is 23.8 Å². The highest BCUT2D eigenvalue weighted by Crippen LogP contribution is 2.14. The fraction of sp³-hybridized carbons (Fsp3) is 0.167. The Bertz CT molecular complexity index is 495. The van der Waals surface area contributed by atoms with Gasteiger partial charge in [-0.25, -0.2) is 0 Å². The van der Waals surface area contributed by atoms with Crippen LogP contribution in [0.4, 0.5) is 0 Å². The minimum atomic E-state index is -0.373. The Morgan fingerprint density at radius 3 is 2.76 bits per heavy atom. The molecule has 2 heterocycles. The van der Waals surface area contributed by atoms with Crippen LogP contribution in [-0.2, 0) is 13.1 Å². The Morgan fingerprint density at radius 1 is 1.35 bits per heavy atom. The molecule has 0 aromatic carbocycles. The maximum atomic E-state index is 10.9. The van der Waals surface area contributed by atoms with E-state index in [9.17, 15) is 4.79 Å². The number of thiophene rings is 1. The third-order valence-corrected chi connectivity index (χ3v) is 3.25. The van der Waals surface area contributed by atoms with E-state index in [4.69, 9.17) is 5.73 Å². The molecule has 0 radical (unpaired) electrons. The Hall–Kier alpha value is -1.72. The summed E-state index contributed by atoms with van der Waals surface area (Å²) in [5.41, 5.74) is 6.95. The number of amides is 1. The summed E-state index contributed by atoms with van der Waals surface area (Å²) in [5.74, 6) is -0.373. The molecule has 17 heavy (non-hydrogen) atoms. The van der Waals surface area contributed by atoms with Crippen LogP contribution in [0.3, 0.4) is 0 Å². The van der Waals surface area contributed by atoms with Crippen molar-refractivity contribution in [3.8, 4) is 0 Å². The van der Waals surface area contributed by atoms with Gasteiger partial charge in [-0.3, -0.25) is 9.78 Å². The quantitative estimate of drug-likeness (QED) is 0.842. The number of hydrogen-bond donors (Lipinski definition) is 2. The fourth-order valence-corrected chi connectivity index (χ4v) is 2.28. The molecule has 88 valence electrons. The summed E-state index contributed by atoms with van der Waals surface area (Å²) < 4.78 is 0. The average Bonchev–Trinajstić information content (AvgIpc) is 2.79. The van der Waals surface area contributed by atoms with Crippen molar-refractivity contribution in [3.63, 3.8) is 0 Å². The number of primary amides is 1. The molecule has 2 aromatic rings. The molecule has 4 nitrogen and oxygen atoms in total. The average molecular weight is 247 g/mol.